The lowest BCUT2D eigenvalue weighted by Gasteiger charge is -2.36. The number of hydrogen-bond donors (Lipinski definition) is 0. The van der Waals surface area contributed by atoms with Gasteiger partial charge in [-0.2, -0.15) is 0 Å². The highest BCUT2D eigenvalue weighted by Gasteiger charge is 2.22. The van der Waals surface area contributed by atoms with Gasteiger partial charge in [-0.3, -0.25) is 4.79 Å². The lowest BCUT2D eigenvalue weighted by molar-refractivity contribution is 0.0755. The van der Waals surface area contributed by atoms with Crippen molar-refractivity contribution in [1.29, 1.82) is 0 Å². The second-order valence-electron chi connectivity index (χ2n) is 7.13. The Balaban J connectivity index is 1.41. The molecule has 2 fully saturated rings. The van der Waals surface area contributed by atoms with Gasteiger partial charge in [0, 0.05) is 51.5 Å². The van der Waals surface area contributed by atoms with Crippen molar-refractivity contribution >= 4 is 17.5 Å². The lowest BCUT2D eigenvalue weighted by Crippen LogP contribution is -2.47. The Morgan fingerprint density at radius 2 is 1.48 bits per heavy atom. The van der Waals surface area contributed by atoms with Gasteiger partial charge in [0.1, 0.15) is 23.7 Å². The molecule has 2 aromatic rings. The van der Waals surface area contributed by atoms with E-state index in [0.717, 1.165) is 63.7 Å². The highest BCUT2D eigenvalue weighted by molar-refractivity contribution is 5.93. The predicted molar refractivity (Wildman–Crippen MR) is 105 cm³/mol. The van der Waals surface area contributed by atoms with Gasteiger partial charge >= 0.3 is 0 Å². The summed E-state index contributed by atoms with van der Waals surface area (Å²) in [5, 5.41) is 0. The van der Waals surface area contributed by atoms with Gasteiger partial charge in [0.25, 0.3) is 5.91 Å². The minimum absolute atomic E-state index is 0.0349. The summed E-state index contributed by atoms with van der Waals surface area (Å²) in [6.45, 7) is 5.14. The Bertz CT molecular complexity index is 752. The number of pyridine rings is 1. The molecule has 0 radical (unpaired) electrons. The van der Waals surface area contributed by atoms with Gasteiger partial charge in [0.05, 0.1) is 0 Å². The molecule has 0 aromatic carbocycles. The Morgan fingerprint density at radius 3 is 2.15 bits per heavy atom. The fraction of sp³-hybridized carbons (Fsp3) is 0.500. The van der Waals surface area contributed by atoms with Crippen LogP contribution in [-0.4, -0.2) is 65.0 Å². The van der Waals surface area contributed by atoms with E-state index < -0.39 is 0 Å². The fourth-order valence-electron chi connectivity index (χ4n) is 3.78. The molecule has 2 saturated heterocycles. The van der Waals surface area contributed by atoms with Crippen molar-refractivity contribution in [3.63, 3.8) is 0 Å². The average Bonchev–Trinajstić information content (AvgIpc) is 3.04. The average molecular weight is 366 g/mol. The van der Waals surface area contributed by atoms with Crippen LogP contribution in [-0.2, 0) is 0 Å². The number of rotatable bonds is 3. The SMILES string of the molecule is O=C(c1cc(N2CCN(c3ccccn3)CC2)ncn1)N1CCCCCC1. The molecule has 0 atom stereocenters. The molecule has 4 heterocycles. The molecule has 7 nitrogen and oxygen atoms in total. The van der Waals surface area contributed by atoms with Crippen LogP contribution in [0.2, 0.25) is 0 Å². The molecule has 2 aliphatic rings. The first-order chi connectivity index (χ1) is 13.3. The number of hydrogen-bond acceptors (Lipinski definition) is 6. The number of carbonyl (C=O) groups is 1. The molecule has 0 spiro atoms. The molecule has 142 valence electrons. The van der Waals surface area contributed by atoms with Crippen LogP contribution in [0.3, 0.4) is 0 Å². The topological polar surface area (TPSA) is 65.5 Å². The zero-order chi connectivity index (χ0) is 18.5. The van der Waals surface area contributed by atoms with Crippen LogP contribution >= 0.6 is 0 Å². The van der Waals surface area contributed by atoms with E-state index >= 15 is 0 Å². The van der Waals surface area contributed by atoms with Crippen molar-refractivity contribution in [2.45, 2.75) is 25.7 Å². The first kappa shape index (κ1) is 17.7. The summed E-state index contributed by atoms with van der Waals surface area (Å²) in [6.07, 6.45) is 7.93. The number of nitrogens with zero attached hydrogens (tertiary/aromatic N) is 6. The fourth-order valence-corrected chi connectivity index (χ4v) is 3.78. The van der Waals surface area contributed by atoms with Gasteiger partial charge in [0.2, 0.25) is 0 Å². The van der Waals surface area contributed by atoms with E-state index in [0.29, 0.717) is 5.69 Å². The van der Waals surface area contributed by atoms with Crippen molar-refractivity contribution in [3.8, 4) is 0 Å². The van der Waals surface area contributed by atoms with Gasteiger partial charge < -0.3 is 14.7 Å². The van der Waals surface area contributed by atoms with Crippen LogP contribution in [0.5, 0.6) is 0 Å². The third-order valence-electron chi connectivity index (χ3n) is 5.34. The van der Waals surface area contributed by atoms with Gasteiger partial charge in [-0.15, -0.1) is 0 Å². The third-order valence-corrected chi connectivity index (χ3v) is 5.34. The minimum Gasteiger partial charge on any atom is -0.353 e. The predicted octanol–water partition coefficient (Wildman–Crippen LogP) is 2.21. The number of likely N-dealkylation sites (tertiary alicyclic amines) is 1. The number of anilines is 2. The molecule has 7 heteroatoms. The van der Waals surface area contributed by atoms with Crippen molar-refractivity contribution in [1.82, 2.24) is 19.9 Å². The monoisotopic (exact) mass is 366 g/mol. The third kappa shape index (κ3) is 4.18. The summed E-state index contributed by atoms with van der Waals surface area (Å²) in [6, 6.07) is 7.84. The molecular weight excluding hydrogens is 340 g/mol. The molecule has 0 saturated carbocycles. The van der Waals surface area contributed by atoms with Crippen molar-refractivity contribution in [2.75, 3.05) is 49.1 Å². The quantitative estimate of drug-likeness (QED) is 0.830. The van der Waals surface area contributed by atoms with E-state index in [2.05, 4.69) is 24.8 Å². The Kier molecular flexibility index (Phi) is 5.46. The van der Waals surface area contributed by atoms with E-state index in [9.17, 15) is 4.79 Å². The number of amides is 1. The lowest BCUT2D eigenvalue weighted by atomic mass is 10.2. The molecule has 0 N–H and O–H groups in total. The zero-order valence-corrected chi connectivity index (χ0v) is 15.6. The van der Waals surface area contributed by atoms with Crippen molar-refractivity contribution < 1.29 is 4.79 Å². The molecule has 1 amide bonds. The van der Waals surface area contributed by atoms with Crippen LogP contribution < -0.4 is 9.80 Å². The van der Waals surface area contributed by atoms with Crippen LogP contribution in [0.25, 0.3) is 0 Å². The van der Waals surface area contributed by atoms with Crippen molar-refractivity contribution in [2.24, 2.45) is 0 Å². The first-order valence-electron chi connectivity index (χ1n) is 9.83. The van der Waals surface area contributed by atoms with Gasteiger partial charge in [-0.25, -0.2) is 15.0 Å². The van der Waals surface area contributed by atoms with E-state index in [-0.39, 0.29) is 5.91 Å². The minimum atomic E-state index is 0.0349. The molecular formula is C20H26N6O. The summed E-state index contributed by atoms with van der Waals surface area (Å²) in [4.78, 5) is 32.4. The summed E-state index contributed by atoms with van der Waals surface area (Å²) >= 11 is 0. The molecule has 0 unspecified atom stereocenters. The normalized spacial score (nSPS) is 18.3. The maximum absolute atomic E-state index is 12.8. The van der Waals surface area contributed by atoms with Crippen LogP contribution in [0, 0.1) is 0 Å². The van der Waals surface area contributed by atoms with E-state index in [1.165, 1.54) is 19.2 Å². The van der Waals surface area contributed by atoms with Crippen molar-refractivity contribution in [3.05, 3.63) is 42.5 Å². The zero-order valence-electron chi connectivity index (χ0n) is 15.6. The number of carbonyl (C=O) groups excluding carboxylic acids is 1. The summed E-state index contributed by atoms with van der Waals surface area (Å²) < 4.78 is 0. The van der Waals surface area contributed by atoms with Gasteiger partial charge in [-0.05, 0) is 25.0 Å². The summed E-state index contributed by atoms with van der Waals surface area (Å²) in [5.41, 5.74) is 0.508. The highest BCUT2D eigenvalue weighted by atomic mass is 16.2. The van der Waals surface area contributed by atoms with Gasteiger partial charge in [0.15, 0.2) is 0 Å². The largest absolute Gasteiger partial charge is 0.353 e. The molecule has 0 aliphatic carbocycles. The summed E-state index contributed by atoms with van der Waals surface area (Å²) in [7, 11) is 0. The maximum Gasteiger partial charge on any atom is 0.272 e. The number of aromatic nitrogens is 3. The Hall–Kier alpha value is -2.70. The summed E-state index contributed by atoms with van der Waals surface area (Å²) in [5.74, 6) is 1.88. The molecule has 2 aliphatic heterocycles. The standard InChI is InChI=1S/C20H26N6O/c27-20(26-9-5-1-2-6-10-26)17-15-19(23-16-22-17)25-13-11-24(12-14-25)18-7-3-4-8-21-18/h3-4,7-8,15-16H,1-2,5-6,9-14H2. The van der Waals surface area contributed by atoms with E-state index in [4.69, 9.17) is 0 Å². The first-order valence-corrected chi connectivity index (χ1v) is 9.83. The molecule has 4 rings (SSSR count). The van der Waals surface area contributed by atoms with Gasteiger partial charge in [-0.1, -0.05) is 18.9 Å². The maximum atomic E-state index is 12.8. The second kappa shape index (κ2) is 8.33. The van der Waals surface area contributed by atoms with Crippen LogP contribution in [0.15, 0.2) is 36.8 Å². The van der Waals surface area contributed by atoms with Crippen LogP contribution in [0.1, 0.15) is 36.2 Å². The highest BCUT2D eigenvalue weighted by Crippen LogP contribution is 2.19. The number of piperazine rings is 1. The molecule has 2 aromatic heterocycles. The van der Waals surface area contributed by atoms with E-state index in [1.54, 1.807) is 0 Å². The Morgan fingerprint density at radius 1 is 0.778 bits per heavy atom. The second-order valence-corrected chi connectivity index (χ2v) is 7.13. The smallest absolute Gasteiger partial charge is 0.272 e. The van der Waals surface area contributed by atoms with E-state index in [1.807, 2.05) is 35.4 Å². The molecule has 0 bridgehead atoms. The Labute approximate surface area is 160 Å². The van der Waals surface area contributed by atoms with Crippen LogP contribution in [0.4, 0.5) is 11.6 Å². The molecule has 27 heavy (non-hydrogen) atoms.